The van der Waals surface area contributed by atoms with Crippen molar-refractivity contribution >= 4 is 17.5 Å². The number of aliphatic hydroxyl groups excluding tert-OH is 2. The third-order valence-electron chi connectivity index (χ3n) is 11.8. The van der Waals surface area contributed by atoms with Gasteiger partial charge in [0.15, 0.2) is 0 Å². The van der Waals surface area contributed by atoms with E-state index in [0.717, 1.165) is 49.7 Å². The van der Waals surface area contributed by atoms with Gasteiger partial charge in [-0.25, -0.2) is 4.79 Å². The second-order valence-corrected chi connectivity index (χ2v) is 15.6. The number of rotatable bonds is 21. The van der Waals surface area contributed by atoms with E-state index < -0.39 is 35.1 Å². The first-order valence-corrected chi connectivity index (χ1v) is 21.1. The number of nitrogens with zero attached hydrogens (tertiary/aromatic N) is 3. The quantitative estimate of drug-likeness (QED) is 0.0538. The Bertz CT molecular complexity index is 1810. The highest BCUT2D eigenvalue weighted by Gasteiger charge is 2.65. The molecule has 7 atom stereocenters. The van der Waals surface area contributed by atoms with Crippen LogP contribution in [0.4, 0.5) is 10.5 Å². The molecule has 1 saturated heterocycles. The van der Waals surface area contributed by atoms with Gasteiger partial charge in [0.05, 0.1) is 29.8 Å². The zero-order chi connectivity index (χ0) is 41.8. The van der Waals surface area contributed by atoms with Crippen molar-refractivity contribution in [3.63, 3.8) is 0 Å². The first-order valence-electron chi connectivity index (χ1n) is 21.1. The minimum atomic E-state index is -1.48. The highest BCUT2D eigenvalue weighted by atomic mass is 16.8. The van der Waals surface area contributed by atoms with Crippen molar-refractivity contribution in [3.8, 4) is 17.2 Å². The first-order chi connectivity index (χ1) is 28.8. The highest BCUT2D eigenvalue weighted by molar-refractivity contribution is 6.03. The molecule has 2 aliphatic heterocycles. The van der Waals surface area contributed by atoms with Crippen LogP contribution in [0.2, 0.25) is 0 Å². The Morgan fingerprint density at radius 1 is 1.03 bits per heavy atom. The van der Waals surface area contributed by atoms with Crippen LogP contribution in [0, 0.1) is 27.9 Å². The van der Waals surface area contributed by atoms with E-state index in [9.17, 15) is 25.1 Å². The largest absolute Gasteiger partial charge is 0.490 e. The van der Waals surface area contributed by atoms with E-state index in [4.69, 9.17) is 33.7 Å². The van der Waals surface area contributed by atoms with Gasteiger partial charge in [0.2, 0.25) is 12.1 Å². The second-order valence-electron chi connectivity index (χ2n) is 15.6. The van der Waals surface area contributed by atoms with E-state index in [0.29, 0.717) is 56.1 Å². The summed E-state index contributed by atoms with van der Waals surface area (Å²) >= 11 is 0. The zero-order valence-electron chi connectivity index (χ0n) is 34.1. The Morgan fingerprint density at radius 3 is 2.46 bits per heavy atom. The number of nitro benzene ring substituents is 1. The number of amides is 1. The summed E-state index contributed by atoms with van der Waals surface area (Å²) in [6.45, 7) is 11.2. The maximum absolute atomic E-state index is 14.6. The Balaban J connectivity index is 1.55. The van der Waals surface area contributed by atoms with Crippen LogP contribution in [0.3, 0.4) is 0 Å². The number of carbonyl (C=O) groups excluding carboxylic acids is 1. The van der Waals surface area contributed by atoms with E-state index >= 15 is 0 Å². The molecule has 0 bridgehead atoms. The van der Waals surface area contributed by atoms with Gasteiger partial charge < -0.3 is 38.7 Å². The number of aliphatic hydroxyl groups is 2. The summed E-state index contributed by atoms with van der Waals surface area (Å²) in [5.41, 5.74) is 2.36. The zero-order valence-corrected chi connectivity index (χ0v) is 34.1. The standard InChI is InChI=1S/C45H59N3O11/c1-4-22-47(44(51)57-33-18-16-32(17-19-33)48(52)53)40-30-38(46-59-41-15-9-12-27-55-41)36-28-31(13-7-10-23-49)35(14-8-11-24-50)42-37-29-34(54-25-5-2)20-21-39(37)58-45(40,43(36)42)56-26-6-3/h5-6,16-21,28-29,31,35,40-43,49-50H,2-4,7-15,22-27,30H2,1H3. The monoisotopic (exact) mass is 817 g/mol. The maximum atomic E-state index is 14.6. The lowest BCUT2D eigenvalue weighted by atomic mass is 9.55. The smallest absolute Gasteiger partial charge is 0.415 e. The lowest BCUT2D eigenvalue weighted by molar-refractivity contribution is -0.384. The maximum Gasteiger partial charge on any atom is 0.415 e. The van der Waals surface area contributed by atoms with Crippen LogP contribution in [0.1, 0.15) is 89.0 Å². The Morgan fingerprint density at radius 2 is 1.78 bits per heavy atom. The molecule has 0 aromatic heterocycles. The fraction of sp³-hybridized carbons (Fsp3) is 0.556. The molecule has 14 heteroatoms. The van der Waals surface area contributed by atoms with Crippen LogP contribution in [0.5, 0.6) is 17.2 Å². The third-order valence-corrected chi connectivity index (χ3v) is 11.8. The summed E-state index contributed by atoms with van der Waals surface area (Å²) in [7, 11) is 0. The normalized spacial score (nSPS) is 26.4. The number of nitro groups is 1. The number of oxime groups is 1. The molecule has 320 valence electrons. The number of allylic oxidation sites excluding steroid dienone is 1. The molecule has 2 aliphatic carbocycles. The molecule has 2 aromatic rings. The van der Waals surface area contributed by atoms with Crippen molar-refractivity contribution in [3.05, 3.63) is 95.1 Å². The van der Waals surface area contributed by atoms with Crippen LogP contribution in [0.15, 0.2) is 84.6 Å². The van der Waals surface area contributed by atoms with Gasteiger partial charge in [-0.1, -0.05) is 49.7 Å². The number of hydrogen-bond acceptors (Lipinski definition) is 12. The van der Waals surface area contributed by atoms with Gasteiger partial charge in [-0.05, 0) is 92.7 Å². The molecule has 0 spiro atoms. The van der Waals surface area contributed by atoms with Crippen molar-refractivity contribution < 1.29 is 48.5 Å². The van der Waals surface area contributed by atoms with Crippen molar-refractivity contribution in [2.45, 2.75) is 102 Å². The average Bonchev–Trinajstić information content (AvgIpc) is 3.25. The Labute approximate surface area is 346 Å². The summed E-state index contributed by atoms with van der Waals surface area (Å²) in [5, 5.41) is 36.0. The number of benzene rings is 2. The predicted octanol–water partition coefficient (Wildman–Crippen LogP) is 8.23. The number of non-ortho nitro benzene ring substituents is 1. The third kappa shape index (κ3) is 10.00. The van der Waals surface area contributed by atoms with Crippen molar-refractivity contribution in [1.29, 1.82) is 0 Å². The minimum Gasteiger partial charge on any atom is -0.490 e. The molecule has 7 unspecified atom stereocenters. The summed E-state index contributed by atoms with van der Waals surface area (Å²) in [4.78, 5) is 33.3. The van der Waals surface area contributed by atoms with E-state index in [1.807, 2.05) is 25.1 Å². The van der Waals surface area contributed by atoms with E-state index in [-0.39, 0.29) is 62.0 Å². The summed E-state index contributed by atoms with van der Waals surface area (Å²) in [6, 6.07) is 10.4. The topological polar surface area (TPSA) is 172 Å². The first kappa shape index (κ1) is 43.8. The lowest BCUT2D eigenvalue weighted by Gasteiger charge is -2.59. The van der Waals surface area contributed by atoms with Crippen molar-refractivity contribution in [1.82, 2.24) is 4.90 Å². The van der Waals surface area contributed by atoms with Crippen molar-refractivity contribution in [2.24, 2.45) is 22.9 Å². The average molecular weight is 818 g/mol. The molecule has 1 amide bonds. The molecule has 14 nitrogen and oxygen atoms in total. The summed E-state index contributed by atoms with van der Waals surface area (Å²) in [6.07, 6.45) is 12.3. The molecular formula is C45H59N3O11. The number of ether oxygens (including phenoxy) is 5. The highest BCUT2D eigenvalue weighted by Crippen LogP contribution is 2.62. The molecular weight excluding hydrogens is 759 g/mol. The van der Waals surface area contributed by atoms with Gasteiger partial charge in [0.1, 0.15) is 29.9 Å². The Kier molecular flexibility index (Phi) is 15.6. The molecule has 4 aliphatic rings. The predicted molar refractivity (Wildman–Crippen MR) is 221 cm³/mol. The number of hydrogen-bond donors (Lipinski definition) is 2. The molecule has 2 N–H and O–H groups in total. The fourth-order valence-electron chi connectivity index (χ4n) is 9.22. The van der Waals surface area contributed by atoms with Gasteiger partial charge in [-0.2, -0.15) is 0 Å². The van der Waals surface area contributed by atoms with Gasteiger partial charge >= 0.3 is 6.09 Å². The van der Waals surface area contributed by atoms with E-state index in [1.165, 1.54) is 24.3 Å². The molecule has 2 aromatic carbocycles. The van der Waals surface area contributed by atoms with Gasteiger partial charge in [0, 0.05) is 56.2 Å². The van der Waals surface area contributed by atoms with Crippen LogP contribution in [0.25, 0.3) is 0 Å². The van der Waals surface area contributed by atoms with Crippen LogP contribution < -0.4 is 14.2 Å². The molecule has 2 fully saturated rings. The number of carbonyl (C=O) groups is 1. The minimum absolute atomic E-state index is 0.0345. The summed E-state index contributed by atoms with van der Waals surface area (Å²) in [5.74, 6) is -0.724. The van der Waals surface area contributed by atoms with E-state index in [2.05, 4.69) is 19.2 Å². The van der Waals surface area contributed by atoms with Crippen LogP contribution in [-0.4, -0.2) is 89.5 Å². The molecule has 6 rings (SSSR count). The Hall–Kier alpha value is -4.76. The second kappa shape index (κ2) is 21.0. The van der Waals surface area contributed by atoms with Crippen LogP contribution in [-0.2, 0) is 14.3 Å². The molecule has 1 saturated carbocycles. The van der Waals surface area contributed by atoms with Gasteiger partial charge in [-0.15, -0.1) is 6.58 Å². The SMILES string of the molecule is C=CCOc1ccc2c(c1)C1C(CCCCO)C(CCCCO)C=C3C(=NOC4CCCCO4)CC(N(CCC)C(=O)Oc4ccc([N+](=O)[O-])cc4)C(OCC=C)(O2)C31. The van der Waals surface area contributed by atoms with Gasteiger partial charge in [0.25, 0.3) is 5.69 Å². The van der Waals surface area contributed by atoms with Crippen LogP contribution >= 0.6 is 0 Å². The lowest BCUT2D eigenvalue weighted by Crippen LogP contribution is -2.70. The van der Waals surface area contributed by atoms with Crippen molar-refractivity contribution in [2.75, 3.05) is 39.6 Å². The molecule has 0 radical (unpaired) electrons. The number of unbranched alkanes of at least 4 members (excludes halogenated alkanes) is 2. The fourth-order valence-corrected chi connectivity index (χ4v) is 9.22. The molecule has 2 heterocycles. The summed E-state index contributed by atoms with van der Waals surface area (Å²) < 4.78 is 32.3. The van der Waals surface area contributed by atoms with Gasteiger partial charge in [-0.3, -0.25) is 15.0 Å². The van der Waals surface area contributed by atoms with E-state index in [1.54, 1.807) is 17.1 Å². The number of fused-ring (bicyclic) bond motifs is 2. The molecule has 59 heavy (non-hydrogen) atoms.